The van der Waals surface area contributed by atoms with Crippen LogP contribution in [0.15, 0.2) is 54.6 Å². The molecule has 0 atom stereocenters. The van der Waals surface area contributed by atoms with Gasteiger partial charge in [0, 0.05) is 17.7 Å². The highest BCUT2D eigenvalue weighted by Crippen LogP contribution is 2.39. The lowest BCUT2D eigenvalue weighted by Crippen LogP contribution is -2.15. The lowest BCUT2D eigenvalue weighted by Gasteiger charge is -2.11. The third-order valence-corrected chi connectivity index (χ3v) is 4.77. The maximum Gasteiger partial charge on any atom is 0.416 e. The second-order valence-electron chi connectivity index (χ2n) is 6.94. The van der Waals surface area contributed by atoms with Crippen molar-refractivity contribution >= 4 is 11.7 Å². The molecule has 1 aliphatic carbocycles. The Kier molecular flexibility index (Phi) is 4.66. The zero-order chi connectivity index (χ0) is 19.7. The zero-order valence-corrected chi connectivity index (χ0v) is 14.9. The molecular weight excluding hydrogens is 367 g/mol. The van der Waals surface area contributed by atoms with Gasteiger partial charge in [-0.2, -0.15) is 18.3 Å². The van der Waals surface area contributed by atoms with E-state index in [0.29, 0.717) is 17.3 Å². The number of aromatic amines is 1. The van der Waals surface area contributed by atoms with Crippen LogP contribution in [0.3, 0.4) is 0 Å². The predicted molar refractivity (Wildman–Crippen MR) is 99.8 cm³/mol. The maximum atomic E-state index is 12.8. The summed E-state index contributed by atoms with van der Waals surface area (Å²) in [6.45, 7) is 0. The molecule has 28 heavy (non-hydrogen) atoms. The van der Waals surface area contributed by atoms with E-state index in [1.165, 1.54) is 12.1 Å². The number of benzene rings is 2. The summed E-state index contributed by atoms with van der Waals surface area (Å²) >= 11 is 0. The van der Waals surface area contributed by atoms with E-state index in [1.807, 2.05) is 6.07 Å². The van der Waals surface area contributed by atoms with E-state index in [9.17, 15) is 18.0 Å². The molecule has 0 spiro atoms. The van der Waals surface area contributed by atoms with Crippen LogP contribution in [0.4, 0.5) is 19.0 Å². The minimum atomic E-state index is -4.37. The van der Waals surface area contributed by atoms with Crippen molar-refractivity contribution in [2.45, 2.75) is 31.4 Å². The monoisotopic (exact) mass is 385 g/mol. The van der Waals surface area contributed by atoms with Gasteiger partial charge in [-0.25, -0.2) is 0 Å². The van der Waals surface area contributed by atoms with E-state index >= 15 is 0 Å². The number of nitrogens with zero attached hydrogens (tertiary/aromatic N) is 1. The molecule has 0 bridgehead atoms. The first kappa shape index (κ1) is 18.3. The number of carbonyl (C=O) groups excluding carboxylic acids is 1. The van der Waals surface area contributed by atoms with Crippen LogP contribution in [0.2, 0.25) is 0 Å². The van der Waals surface area contributed by atoms with Crippen LogP contribution >= 0.6 is 0 Å². The number of anilines is 1. The summed E-state index contributed by atoms with van der Waals surface area (Å²) in [5.41, 5.74) is 2.42. The number of aromatic nitrogens is 2. The zero-order valence-electron chi connectivity index (χ0n) is 14.9. The maximum absolute atomic E-state index is 12.8. The van der Waals surface area contributed by atoms with Crippen molar-refractivity contribution in [1.82, 2.24) is 10.2 Å². The molecule has 1 aliphatic rings. The van der Waals surface area contributed by atoms with E-state index in [2.05, 4.69) is 15.5 Å². The van der Waals surface area contributed by atoms with Crippen LogP contribution < -0.4 is 5.32 Å². The smallest absolute Gasteiger partial charge is 0.309 e. The second kappa shape index (κ2) is 7.14. The van der Waals surface area contributed by atoms with Crippen molar-refractivity contribution in [3.05, 3.63) is 71.4 Å². The van der Waals surface area contributed by atoms with Gasteiger partial charge in [-0.05, 0) is 41.7 Å². The fraction of sp³-hybridized carbons (Fsp3) is 0.238. The third kappa shape index (κ3) is 4.08. The molecule has 0 aliphatic heterocycles. The fourth-order valence-electron chi connectivity index (χ4n) is 3.16. The highest BCUT2D eigenvalue weighted by atomic mass is 19.4. The number of alkyl halides is 3. The molecule has 4 nitrogen and oxygen atoms in total. The Morgan fingerprint density at radius 2 is 1.82 bits per heavy atom. The number of H-pyrrole nitrogens is 1. The van der Waals surface area contributed by atoms with Crippen LogP contribution in [0.5, 0.6) is 0 Å². The average molecular weight is 385 g/mol. The van der Waals surface area contributed by atoms with E-state index in [0.717, 1.165) is 41.8 Å². The molecule has 2 aromatic carbocycles. The van der Waals surface area contributed by atoms with E-state index in [1.54, 1.807) is 24.3 Å². The second-order valence-corrected chi connectivity index (χ2v) is 6.94. The van der Waals surface area contributed by atoms with Crippen LogP contribution in [0.25, 0.3) is 11.1 Å². The van der Waals surface area contributed by atoms with E-state index in [-0.39, 0.29) is 12.3 Å². The largest absolute Gasteiger partial charge is 0.416 e. The molecule has 0 saturated heterocycles. The van der Waals surface area contributed by atoms with Gasteiger partial charge in [-0.15, -0.1) is 0 Å². The van der Waals surface area contributed by atoms with E-state index < -0.39 is 11.7 Å². The van der Waals surface area contributed by atoms with Crippen molar-refractivity contribution in [3.63, 3.8) is 0 Å². The molecule has 1 fully saturated rings. The molecule has 3 aromatic rings. The Morgan fingerprint density at radius 1 is 1.11 bits per heavy atom. The summed E-state index contributed by atoms with van der Waals surface area (Å²) in [5.74, 6) is 0.769. The van der Waals surface area contributed by atoms with Gasteiger partial charge in [0.05, 0.1) is 12.0 Å². The number of hydrogen-bond acceptors (Lipinski definition) is 2. The summed E-state index contributed by atoms with van der Waals surface area (Å²) in [4.78, 5) is 12.4. The summed E-state index contributed by atoms with van der Waals surface area (Å²) < 4.78 is 38.3. The minimum Gasteiger partial charge on any atom is -0.309 e. The standard InChI is InChI=1S/C21H18F3N3O/c22-21(23,24)16-9-7-13(8-10-16)17-4-2-1-3-15(17)11-20(28)25-19-12-18(26-27-19)14-5-6-14/h1-4,7-10,12,14H,5-6,11H2,(H2,25,26,27,28). The molecular formula is C21H18F3N3O. The molecule has 1 heterocycles. The van der Waals surface area contributed by atoms with Gasteiger partial charge in [0.25, 0.3) is 0 Å². The van der Waals surface area contributed by atoms with Crippen molar-refractivity contribution < 1.29 is 18.0 Å². The Labute approximate surface area is 159 Å². The average Bonchev–Trinajstić information content (AvgIpc) is 3.41. The van der Waals surface area contributed by atoms with Crippen LogP contribution in [-0.2, 0) is 17.4 Å². The van der Waals surface area contributed by atoms with Gasteiger partial charge in [0.1, 0.15) is 0 Å². The van der Waals surface area contributed by atoms with Crippen molar-refractivity contribution in [2.75, 3.05) is 5.32 Å². The quantitative estimate of drug-likeness (QED) is 0.638. The topological polar surface area (TPSA) is 57.8 Å². The summed E-state index contributed by atoms with van der Waals surface area (Å²) in [6, 6.07) is 14.0. The Morgan fingerprint density at radius 3 is 2.50 bits per heavy atom. The molecule has 0 unspecified atom stereocenters. The third-order valence-electron chi connectivity index (χ3n) is 4.77. The Balaban J connectivity index is 1.49. The molecule has 2 N–H and O–H groups in total. The number of hydrogen-bond donors (Lipinski definition) is 2. The molecule has 144 valence electrons. The molecule has 4 rings (SSSR count). The number of amides is 1. The molecule has 1 aromatic heterocycles. The minimum absolute atomic E-state index is 0.100. The van der Waals surface area contributed by atoms with Crippen molar-refractivity contribution in [1.29, 1.82) is 0 Å². The summed E-state index contributed by atoms with van der Waals surface area (Å²) in [7, 11) is 0. The molecule has 1 amide bonds. The Hall–Kier alpha value is -3.09. The lowest BCUT2D eigenvalue weighted by molar-refractivity contribution is -0.137. The SMILES string of the molecule is O=C(Cc1ccccc1-c1ccc(C(F)(F)F)cc1)Nc1cc(C2CC2)[nH]n1. The van der Waals surface area contributed by atoms with Gasteiger partial charge in [0.2, 0.25) is 5.91 Å². The van der Waals surface area contributed by atoms with Gasteiger partial charge >= 0.3 is 6.18 Å². The van der Waals surface area contributed by atoms with Crippen LogP contribution in [0.1, 0.15) is 35.6 Å². The highest BCUT2D eigenvalue weighted by Gasteiger charge is 2.30. The Bertz CT molecular complexity index is 989. The highest BCUT2D eigenvalue weighted by molar-refractivity contribution is 5.92. The van der Waals surface area contributed by atoms with Gasteiger partial charge in [0.15, 0.2) is 5.82 Å². The van der Waals surface area contributed by atoms with E-state index in [4.69, 9.17) is 0 Å². The first-order valence-electron chi connectivity index (χ1n) is 9.01. The van der Waals surface area contributed by atoms with Crippen LogP contribution in [-0.4, -0.2) is 16.1 Å². The van der Waals surface area contributed by atoms with Gasteiger partial charge in [-0.3, -0.25) is 9.89 Å². The number of carbonyl (C=O) groups is 1. The number of halogens is 3. The number of nitrogens with one attached hydrogen (secondary N) is 2. The molecule has 7 heteroatoms. The molecule has 0 radical (unpaired) electrons. The predicted octanol–water partition coefficient (Wildman–Crippen LogP) is 5.15. The summed E-state index contributed by atoms with van der Waals surface area (Å²) in [6.07, 6.45) is -2.00. The van der Waals surface area contributed by atoms with Crippen molar-refractivity contribution in [2.24, 2.45) is 0 Å². The van der Waals surface area contributed by atoms with Crippen molar-refractivity contribution in [3.8, 4) is 11.1 Å². The summed E-state index contributed by atoms with van der Waals surface area (Å²) in [5, 5.41) is 9.81. The normalized spacial score (nSPS) is 14.1. The van der Waals surface area contributed by atoms with Crippen LogP contribution in [0, 0.1) is 0 Å². The molecule has 1 saturated carbocycles. The first-order chi connectivity index (χ1) is 13.4. The van der Waals surface area contributed by atoms with Gasteiger partial charge < -0.3 is 5.32 Å². The first-order valence-corrected chi connectivity index (χ1v) is 9.01. The fourth-order valence-corrected chi connectivity index (χ4v) is 3.16. The van der Waals surface area contributed by atoms with Gasteiger partial charge in [-0.1, -0.05) is 36.4 Å². The number of rotatable bonds is 5. The lowest BCUT2D eigenvalue weighted by atomic mass is 9.96.